The van der Waals surface area contributed by atoms with Crippen LogP contribution in [0.3, 0.4) is 0 Å². The van der Waals surface area contributed by atoms with E-state index in [-0.39, 0.29) is 5.97 Å². The zero-order valence-corrected chi connectivity index (χ0v) is 22.7. The Morgan fingerprint density at radius 3 is 2.03 bits per heavy atom. The van der Waals surface area contributed by atoms with Crippen LogP contribution in [0.15, 0.2) is 53.5 Å². The number of aliphatic imine (C=N–C) groups is 1. The third-order valence-corrected chi connectivity index (χ3v) is 6.00. The smallest absolute Gasteiger partial charge is 0.320 e. The fourth-order valence-electron chi connectivity index (χ4n) is 4.20. The molecule has 0 amide bonds. The van der Waals surface area contributed by atoms with Crippen LogP contribution in [0.4, 0.5) is 0 Å². The highest BCUT2D eigenvalue weighted by atomic mass is 16.5. The molecular formula is C30H45N3O3. The van der Waals surface area contributed by atoms with Crippen LogP contribution in [0.5, 0.6) is 5.75 Å². The second kappa shape index (κ2) is 17.7. The predicted molar refractivity (Wildman–Crippen MR) is 149 cm³/mol. The molecule has 0 atom stereocenters. The average Bonchev–Trinajstić information content (AvgIpc) is 2.88. The molecule has 0 saturated carbocycles. The maximum absolute atomic E-state index is 12.2. The number of unbranched alkanes of at least 4 members (excludes halogenated alkanes) is 1. The Morgan fingerprint density at radius 2 is 1.44 bits per heavy atom. The number of rotatable bonds is 18. The zero-order chi connectivity index (χ0) is 26.0. The van der Waals surface area contributed by atoms with E-state index in [9.17, 15) is 4.79 Å². The molecule has 36 heavy (non-hydrogen) atoms. The normalized spacial score (nSPS) is 11.5. The molecular weight excluding hydrogens is 450 g/mol. The van der Waals surface area contributed by atoms with Crippen LogP contribution in [-0.2, 0) is 22.6 Å². The molecule has 2 rings (SSSR count). The molecule has 2 aromatic carbocycles. The lowest BCUT2D eigenvalue weighted by molar-refractivity contribution is -0.144. The van der Waals surface area contributed by atoms with E-state index in [0.717, 1.165) is 62.4 Å². The van der Waals surface area contributed by atoms with Crippen LogP contribution in [0, 0.1) is 0 Å². The number of hydrogen-bond acceptors (Lipinski definition) is 6. The monoisotopic (exact) mass is 495 g/mol. The second-order valence-corrected chi connectivity index (χ2v) is 9.12. The van der Waals surface area contributed by atoms with E-state index in [2.05, 4.69) is 52.9 Å². The van der Waals surface area contributed by atoms with Gasteiger partial charge in [0.05, 0.1) is 26.8 Å². The maximum Gasteiger partial charge on any atom is 0.320 e. The molecule has 0 bridgehead atoms. The number of benzene rings is 2. The first-order chi connectivity index (χ1) is 17.6. The summed E-state index contributed by atoms with van der Waals surface area (Å²) in [5.74, 6) is 0.690. The van der Waals surface area contributed by atoms with Gasteiger partial charge in [-0.25, -0.2) is 0 Å². The minimum Gasteiger partial charge on any atom is -0.497 e. The third-order valence-electron chi connectivity index (χ3n) is 6.00. The molecule has 0 saturated heterocycles. The quantitative estimate of drug-likeness (QED) is 0.153. The molecule has 0 radical (unpaired) electrons. The molecule has 198 valence electrons. The van der Waals surface area contributed by atoms with Crippen molar-refractivity contribution in [2.24, 2.45) is 4.99 Å². The number of hydrogen-bond donors (Lipinski definition) is 0. The Morgan fingerprint density at radius 1 is 0.833 bits per heavy atom. The summed E-state index contributed by atoms with van der Waals surface area (Å²) in [6, 6.07) is 16.4. The van der Waals surface area contributed by atoms with Gasteiger partial charge in [-0.3, -0.25) is 14.7 Å². The summed E-state index contributed by atoms with van der Waals surface area (Å²) in [5.41, 5.74) is 3.41. The van der Waals surface area contributed by atoms with Crippen molar-refractivity contribution in [1.29, 1.82) is 0 Å². The highest BCUT2D eigenvalue weighted by Crippen LogP contribution is 2.12. The van der Waals surface area contributed by atoms with Crippen molar-refractivity contribution in [3.63, 3.8) is 0 Å². The fourth-order valence-corrected chi connectivity index (χ4v) is 4.20. The average molecular weight is 496 g/mol. The van der Waals surface area contributed by atoms with E-state index in [4.69, 9.17) is 9.47 Å². The molecule has 0 unspecified atom stereocenters. The van der Waals surface area contributed by atoms with Crippen molar-refractivity contribution in [1.82, 2.24) is 9.80 Å². The minimum atomic E-state index is -0.152. The zero-order valence-electron chi connectivity index (χ0n) is 22.7. The van der Waals surface area contributed by atoms with Crippen LogP contribution >= 0.6 is 0 Å². The van der Waals surface area contributed by atoms with E-state index >= 15 is 0 Å². The largest absolute Gasteiger partial charge is 0.497 e. The Labute approximate surface area is 218 Å². The predicted octanol–water partition coefficient (Wildman–Crippen LogP) is 5.58. The third kappa shape index (κ3) is 11.8. The van der Waals surface area contributed by atoms with Crippen molar-refractivity contribution in [2.45, 2.75) is 59.5 Å². The van der Waals surface area contributed by atoms with Gasteiger partial charge in [-0.2, -0.15) is 0 Å². The number of methoxy groups -OCH3 is 1. The molecule has 6 nitrogen and oxygen atoms in total. The molecule has 0 aromatic heterocycles. The van der Waals surface area contributed by atoms with Gasteiger partial charge in [0, 0.05) is 12.8 Å². The number of carbonyl (C=O) groups is 1. The molecule has 6 heteroatoms. The number of ether oxygens (including phenoxy) is 2. The van der Waals surface area contributed by atoms with Gasteiger partial charge < -0.3 is 14.4 Å². The topological polar surface area (TPSA) is 54.4 Å². The van der Waals surface area contributed by atoms with Gasteiger partial charge in [-0.15, -0.1) is 0 Å². The lowest BCUT2D eigenvalue weighted by atomic mass is 10.1. The first-order valence-electron chi connectivity index (χ1n) is 13.4. The van der Waals surface area contributed by atoms with Gasteiger partial charge >= 0.3 is 5.97 Å². The Balaban J connectivity index is 1.87. The van der Waals surface area contributed by atoms with Gasteiger partial charge in [-0.1, -0.05) is 38.1 Å². The summed E-state index contributed by atoms with van der Waals surface area (Å²) < 4.78 is 10.4. The lowest BCUT2D eigenvalue weighted by Crippen LogP contribution is -2.32. The summed E-state index contributed by atoms with van der Waals surface area (Å²) in [6.45, 7) is 12.8. The summed E-state index contributed by atoms with van der Waals surface area (Å²) in [4.78, 5) is 21.5. The van der Waals surface area contributed by atoms with Gasteiger partial charge in [0.15, 0.2) is 0 Å². The van der Waals surface area contributed by atoms with Crippen molar-refractivity contribution < 1.29 is 14.3 Å². The maximum atomic E-state index is 12.2. The Bertz CT molecular complexity index is 875. The van der Waals surface area contributed by atoms with Crippen LogP contribution in [0.1, 0.15) is 63.1 Å². The Kier molecular flexibility index (Phi) is 14.5. The molecule has 0 aliphatic heterocycles. The van der Waals surface area contributed by atoms with Crippen LogP contribution in [0.2, 0.25) is 0 Å². The number of carbonyl (C=O) groups excluding carboxylic acids is 1. The number of nitrogens with zero attached hydrogens (tertiary/aromatic N) is 3. The molecule has 0 aliphatic rings. The molecule has 2 aromatic rings. The SMILES string of the molecule is CCCN(CCC)CCCCN(CC(=O)OCC)Cc1ccc(CN=Cc2ccc(OC)cc2)cc1. The van der Waals surface area contributed by atoms with Gasteiger partial charge in [-0.05, 0) is 99.7 Å². The summed E-state index contributed by atoms with van der Waals surface area (Å²) >= 11 is 0. The van der Waals surface area contributed by atoms with Crippen molar-refractivity contribution in [3.8, 4) is 5.75 Å². The summed E-state index contributed by atoms with van der Waals surface area (Å²) in [7, 11) is 1.67. The summed E-state index contributed by atoms with van der Waals surface area (Å²) in [5, 5.41) is 0. The van der Waals surface area contributed by atoms with Gasteiger partial charge in [0.25, 0.3) is 0 Å². The molecule has 0 heterocycles. The molecule has 0 aliphatic carbocycles. The van der Waals surface area contributed by atoms with Crippen LogP contribution in [0.25, 0.3) is 0 Å². The van der Waals surface area contributed by atoms with Crippen LogP contribution in [-0.4, -0.2) is 68.4 Å². The first-order valence-corrected chi connectivity index (χ1v) is 13.4. The van der Waals surface area contributed by atoms with Crippen molar-refractivity contribution in [3.05, 3.63) is 65.2 Å². The van der Waals surface area contributed by atoms with E-state index in [0.29, 0.717) is 19.7 Å². The molecule has 0 fully saturated rings. The van der Waals surface area contributed by atoms with Gasteiger partial charge in [0.1, 0.15) is 5.75 Å². The molecule has 0 spiro atoms. The summed E-state index contributed by atoms with van der Waals surface area (Å²) in [6.07, 6.45) is 6.48. The van der Waals surface area contributed by atoms with Crippen LogP contribution < -0.4 is 4.74 Å². The fraction of sp³-hybridized carbons (Fsp3) is 0.533. The first kappa shape index (κ1) is 29.5. The van der Waals surface area contributed by atoms with E-state index in [1.807, 2.05) is 37.4 Å². The lowest BCUT2D eigenvalue weighted by Gasteiger charge is -2.24. The van der Waals surface area contributed by atoms with Gasteiger partial charge in [0.2, 0.25) is 0 Å². The highest BCUT2D eigenvalue weighted by Gasteiger charge is 2.13. The van der Waals surface area contributed by atoms with Crippen molar-refractivity contribution >= 4 is 12.2 Å². The molecule has 0 N–H and O–H groups in total. The van der Waals surface area contributed by atoms with E-state index in [1.54, 1.807) is 7.11 Å². The number of esters is 1. The highest BCUT2D eigenvalue weighted by molar-refractivity contribution is 5.79. The minimum absolute atomic E-state index is 0.152. The van der Waals surface area contributed by atoms with Crippen molar-refractivity contribution in [2.75, 3.05) is 46.4 Å². The standard InChI is InChI=1S/C30H45N3O3/c1-5-18-32(19-6-2)20-8-9-21-33(25-30(34)36-7-3)24-28-12-10-26(11-13-28)22-31-23-27-14-16-29(35-4)17-15-27/h10-17,23H,5-9,18-22,24-25H2,1-4H3. The Hall–Kier alpha value is -2.70. The second-order valence-electron chi connectivity index (χ2n) is 9.12. The van der Waals surface area contributed by atoms with E-state index < -0.39 is 0 Å². The van der Waals surface area contributed by atoms with E-state index in [1.165, 1.54) is 18.4 Å².